The van der Waals surface area contributed by atoms with Gasteiger partial charge in [-0.2, -0.15) is 0 Å². The number of carbonyl (C=O) groups is 1. The van der Waals surface area contributed by atoms with E-state index in [4.69, 9.17) is 9.47 Å². The number of ether oxygens (including phenoxy) is 2. The van der Waals surface area contributed by atoms with Gasteiger partial charge < -0.3 is 9.47 Å². The van der Waals surface area contributed by atoms with Gasteiger partial charge in [-0.25, -0.2) is 0 Å². The van der Waals surface area contributed by atoms with Crippen LogP contribution in [0.15, 0.2) is 34.8 Å². The third-order valence-electron chi connectivity index (χ3n) is 5.50. The van der Waals surface area contributed by atoms with Crippen LogP contribution in [0.4, 0.5) is 0 Å². The fraction of sp³-hybridized carbons (Fsp3) is 0.421. The number of esters is 1. The predicted octanol–water partition coefficient (Wildman–Crippen LogP) is 4.81. The summed E-state index contributed by atoms with van der Waals surface area (Å²) in [6.07, 6.45) is 2.95. The highest BCUT2D eigenvalue weighted by atomic mass is 79.9. The van der Waals surface area contributed by atoms with Crippen LogP contribution in [0.2, 0.25) is 0 Å². The second-order valence-electron chi connectivity index (χ2n) is 6.84. The van der Waals surface area contributed by atoms with Crippen LogP contribution in [-0.2, 0) is 9.53 Å². The zero-order valence-electron chi connectivity index (χ0n) is 13.3. The number of hydrogen-bond acceptors (Lipinski definition) is 3. The van der Waals surface area contributed by atoms with Gasteiger partial charge in [0.25, 0.3) is 0 Å². The molecule has 0 spiro atoms. The molecule has 3 atom stereocenters. The van der Waals surface area contributed by atoms with Crippen LogP contribution in [0.3, 0.4) is 0 Å². The van der Waals surface area contributed by atoms with E-state index in [-0.39, 0.29) is 23.4 Å². The Bertz CT molecular complexity index is 801. The molecule has 1 saturated heterocycles. The summed E-state index contributed by atoms with van der Waals surface area (Å²) in [5, 5.41) is 2.29. The summed E-state index contributed by atoms with van der Waals surface area (Å²) in [4.78, 5) is 12.3. The second-order valence-corrected chi connectivity index (χ2v) is 7.63. The molecule has 1 aliphatic carbocycles. The number of hydrogen-bond donors (Lipinski definition) is 0. The first-order valence-electron chi connectivity index (χ1n) is 8.00. The fourth-order valence-corrected chi connectivity index (χ4v) is 4.85. The van der Waals surface area contributed by atoms with E-state index in [9.17, 15) is 4.79 Å². The fourth-order valence-electron chi connectivity index (χ4n) is 4.20. The van der Waals surface area contributed by atoms with E-state index in [2.05, 4.69) is 47.1 Å². The van der Waals surface area contributed by atoms with Gasteiger partial charge in [-0.1, -0.05) is 24.3 Å². The summed E-state index contributed by atoms with van der Waals surface area (Å²) < 4.78 is 11.8. The van der Waals surface area contributed by atoms with Crippen molar-refractivity contribution in [2.45, 2.75) is 38.2 Å². The first-order valence-corrected chi connectivity index (χ1v) is 8.79. The first kappa shape index (κ1) is 15.0. The SMILES string of the molecule is COc1ccc2cc(C3CCC4CC3(C)C(=O)O4)ccc2c1Br. The molecule has 2 fully saturated rings. The summed E-state index contributed by atoms with van der Waals surface area (Å²) in [6.45, 7) is 2.06. The van der Waals surface area contributed by atoms with E-state index in [1.54, 1.807) is 7.11 Å². The Kier molecular flexibility index (Phi) is 3.41. The molecule has 2 aliphatic rings. The number of fused-ring (bicyclic) bond motifs is 3. The third kappa shape index (κ3) is 2.18. The Hall–Kier alpha value is -1.55. The highest BCUT2D eigenvalue weighted by Crippen LogP contribution is 2.53. The number of rotatable bonds is 2. The maximum Gasteiger partial charge on any atom is 0.312 e. The summed E-state index contributed by atoms with van der Waals surface area (Å²) in [5.74, 6) is 1.04. The molecule has 2 aromatic carbocycles. The number of methoxy groups -OCH3 is 1. The van der Waals surface area contributed by atoms with E-state index in [1.807, 2.05) is 6.07 Å². The van der Waals surface area contributed by atoms with E-state index < -0.39 is 0 Å². The highest BCUT2D eigenvalue weighted by Gasteiger charge is 2.54. The van der Waals surface area contributed by atoms with Crippen LogP contribution in [-0.4, -0.2) is 19.2 Å². The van der Waals surface area contributed by atoms with Crippen molar-refractivity contribution in [1.29, 1.82) is 0 Å². The lowest BCUT2D eigenvalue weighted by Crippen LogP contribution is -2.32. The first-order chi connectivity index (χ1) is 11.0. The third-order valence-corrected chi connectivity index (χ3v) is 6.32. The van der Waals surface area contributed by atoms with Crippen LogP contribution in [0, 0.1) is 5.41 Å². The minimum absolute atomic E-state index is 0.0268. The van der Waals surface area contributed by atoms with Crippen LogP contribution in [0.1, 0.15) is 37.7 Å². The number of halogens is 1. The molecule has 4 heteroatoms. The van der Waals surface area contributed by atoms with Gasteiger partial charge in [0.2, 0.25) is 0 Å². The van der Waals surface area contributed by atoms with Gasteiger partial charge in [0, 0.05) is 12.3 Å². The maximum absolute atomic E-state index is 12.3. The molecular formula is C19H19BrO3. The van der Waals surface area contributed by atoms with Crippen molar-refractivity contribution in [3.8, 4) is 5.75 Å². The molecule has 0 amide bonds. The van der Waals surface area contributed by atoms with Crippen LogP contribution >= 0.6 is 15.9 Å². The molecule has 0 radical (unpaired) electrons. The van der Waals surface area contributed by atoms with Crippen LogP contribution in [0.25, 0.3) is 10.8 Å². The lowest BCUT2D eigenvalue weighted by atomic mass is 9.65. The normalized spacial score (nSPS) is 29.6. The zero-order valence-corrected chi connectivity index (χ0v) is 14.9. The van der Waals surface area contributed by atoms with E-state index in [1.165, 1.54) is 5.56 Å². The molecule has 2 aromatic rings. The summed E-state index contributed by atoms with van der Waals surface area (Å²) in [5.41, 5.74) is 0.856. The average molecular weight is 375 g/mol. The van der Waals surface area contributed by atoms with E-state index >= 15 is 0 Å². The molecule has 1 aliphatic heterocycles. The van der Waals surface area contributed by atoms with Gasteiger partial charge in [0.05, 0.1) is 17.0 Å². The number of benzene rings is 2. The highest BCUT2D eigenvalue weighted by molar-refractivity contribution is 9.10. The van der Waals surface area contributed by atoms with Gasteiger partial charge in [0.15, 0.2) is 0 Å². The van der Waals surface area contributed by atoms with Crippen molar-refractivity contribution in [3.05, 3.63) is 40.4 Å². The molecular weight excluding hydrogens is 356 g/mol. The maximum atomic E-state index is 12.3. The molecule has 120 valence electrons. The molecule has 4 rings (SSSR count). The molecule has 2 bridgehead atoms. The minimum atomic E-state index is -0.375. The van der Waals surface area contributed by atoms with Crippen molar-refractivity contribution in [1.82, 2.24) is 0 Å². The Morgan fingerprint density at radius 1 is 1.26 bits per heavy atom. The van der Waals surface area contributed by atoms with E-state index in [0.717, 1.165) is 40.3 Å². The van der Waals surface area contributed by atoms with Crippen molar-refractivity contribution in [2.24, 2.45) is 5.41 Å². The van der Waals surface area contributed by atoms with Gasteiger partial charge in [-0.15, -0.1) is 0 Å². The van der Waals surface area contributed by atoms with Crippen LogP contribution in [0.5, 0.6) is 5.75 Å². The van der Waals surface area contributed by atoms with Gasteiger partial charge >= 0.3 is 5.97 Å². The van der Waals surface area contributed by atoms with Crippen LogP contribution < -0.4 is 4.74 Å². The molecule has 1 heterocycles. The second kappa shape index (κ2) is 5.23. The molecule has 1 saturated carbocycles. The van der Waals surface area contributed by atoms with Gasteiger partial charge in [-0.05, 0) is 58.1 Å². The van der Waals surface area contributed by atoms with Crippen molar-refractivity contribution in [3.63, 3.8) is 0 Å². The zero-order chi connectivity index (χ0) is 16.2. The average Bonchev–Trinajstić information content (AvgIpc) is 2.77. The lowest BCUT2D eigenvalue weighted by Gasteiger charge is -2.34. The Morgan fingerprint density at radius 2 is 2.09 bits per heavy atom. The summed E-state index contributed by atoms with van der Waals surface area (Å²) in [7, 11) is 1.67. The summed E-state index contributed by atoms with van der Waals surface area (Å²) in [6, 6.07) is 10.5. The Morgan fingerprint density at radius 3 is 2.87 bits per heavy atom. The monoisotopic (exact) mass is 374 g/mol. The van der Waals surface area contributed by atoms with Crippen molar-refractivity contribution < 1.29 is 14.3 Å². The topological polar surface area (TPSA) is 35.5 Å². The molecule has 3 nitrogen and oxygen atoms in total. The summed E-state index contributed by atoms with van der Waals surface area (Å²) >= 11 is 3.62. The van der Waals surface area contributed by atoms with Crippen molar-refractivity contribution >= 4 is 32.7 Å². The molecule has 0 N–H and O–H groups in total. The molecule has 0 aromatic heterocycles. The number of carbonyl (C=O) groups excluding carboxylic acids is 1. The largest absolute Gasteiger partial charge is 0.496 e. The molecule has 23 heavy (non-hydrogen) atoms. The van der Waals surface area contributed by atoms with Gasteiger partial charge in [-0.3, -0.25) is 4.79 Å². The Labute approximate surface area is 144 Å². The quantitative estimate of drug-likeness (QED) is 0.707. The van der Waals surface area contributed by atoms with E-state index in [0.29, 0.717) is 0 Å². The standard InChI is InChI=1S/C19H19BrO3/c1-19-10-13(23-18(19)21)5-7-15(19)12-3-6-14-11(9-12)4-8-16(22-2)17(14)20/h3-4,6,8-9,13,15H,5,7,10H2,1-2H3. The van der Waals surface area contributed by atoms with Crippen molar-refractivity contribution in [2.75, 3.05) is 7.11 Å². The predicted molar refractivity (Wildman–Crippen MR) is 92.8 cm³/mol. The molecule has 3 unspecified atom stereocenters. The van der Waals surface area contributed by atoms with Gasteiger partial charge in [0.1, 0.15) is 11.9 Å². The lowest BCUT2D eigenvalue weighted by molar-refractivity contribution is -0.147. The smallest absolute Gasteiger partial charge is 0.312 e. The minimum Gasteiger partial charge on any atom is -0.496 e. The Balaban J connectivity index is 1.79.